The number of hydrogen-bond donors (Lipinski definition) is 1. The van der Waals surface area contributed by atoms with E-state index >= 15 is 0 Å². The molecule has 2 atom stereocenters. The van der Waals surface area contributed by atoms with Gasteiger partial charge in [0.15, 0.2) is 0 Å². The Morgan fingerprint density at radius 3 is 3.00 bits per heavy atom. The Hall–Kier alpha value is -0.580. The molecule has 15 heavy (non-hydrogen) atoms. The van der Waals surface area contributed by atoms with Crippen molar-refractivity contribution in [1.82, 2.24) is 9.78 Å². The highest BCUT2D eigenvalue weighted by molar-refractivity contribution is 6.31. The summed E-state index contributed by atoms with van der Waals surface area (Å²) in [7, 11) is 1.77. The van der Waals surface area contributed by atoms with Crippen LogP contribution in [0, 0.1) is 0 Å². The van der Waals surface area contributed by atoms with Crippen molar-refractivity contribution in [2.45, 2.75) is 31.5 Å². The number of ether oxygens (including phenoxy) is 1. The van der Waals surface area contributed by atoms with E-state index < -0.39 is 6.10 Å². The maximum atomic E-state index is 10.1. The molecule has 0 aliphatic carbocycles. The van der Waals surface area contributed by atoms with E-state index in [1.54, 1.807) is 17.9 Å². The van der Waals surface area contributed by atoms with Gasteiger partial charge >= 0.3 is 0 Å². The molecule has 1 saturated heterocycles. The van der Waals surface area contributed by atoms with Crippen molar-refractivity contribution in [3.8, 4) is 0 Å². The van der Waals surface area contributed by atoms with Crippen LogP contribution in [0.1, 0.15) is 31.1 Å². The third-order valence-electron chi connectivity index (χ3n) is 2.78. The van der Waals surface area contributed by atoms with Crippen LogP contribution in [0.25, 0.3) is 0 Å². The molecular weight excluding hydrogens is 216 g/mol. The van der Waals surface area contributed by atoms with Gasteiger partial charge in [-0.15, -0.1) is 0 Å². The molecule has 1 fully saturated rings. The average Bonchev–Trinajstić information content (AvgIpc) is 2.59. The lowest BCUT2D eigenvalue weighted by atomic mass is 10.0. The van der Waals surface area contributed by atoms with Crippen molar-refractivity contribution in [2.75, 3.05) is 6.61 Å². The number of hydrogen-bond acceptors (Lipinski definition) is 3. The lowest BCUT2D eigenvalue weighted by Gasteiger charge is -2.27. The van der Waals surface area contributed by atoms with Crippen LogP contribution in [0.2, 0.25) is 5.02 Å². The smallest absolute Gasteiger partial charge is 0.123 e. The quantitative estimate of drug-likeness (QED) is 0.841. The highest BCUT2D eigenvalue weighted by Crippen LogP contribution is 2.30. The van der Waals surface area contributed by atoms with Gasteiger partial charge in [0.05, 0.1) is 23.0 Å². The maximum absolute atomic E-state index is 10.1. The second-order valence-corrected chi connectivity index (χ2v) is 4.26. The Labute approximate surface area is 93.8 Å². The molecule has 1 N–H and O–H groups in total. The minimum Gasteiger partial charge on any atom is -0.384 e. The molecule has 2 unspecified atom stereocenters. The lowest BCUT2D eigenvalue weighted by molar-refractivity contribution is -0.0659. The Kier molecular flexibility index (Phi) is 3.29. The molecule has 2 rings (SSSR count). The van der Waals surface area contributed by atoms with E-state index in [1.165, 1.54) is 0 Å². The van der Waals surface area contributed by atoms with Gasteiger partial charge in [0.1, 0.15) is 6.10 Å². The first kappa shape index (κ1) is 10.9. The second kappa shape index (κ2) is 4.51. The first-order valence-electron chi connectivity index (χ1n) is 5.17. The van der Waals surface area contributed by atoms with Gasteiger partial charge in [-0.25, -0.2) is 0 Å². The number of aromatic nitrogens is 2. The van der Waals surface area contributed by atoms with Gasteiger partial charge in [0, 0.05) is 13.7 Å². The molecule has 0 aromatic carbocycles. The van der Waals surface area contributed by atoms with E-state index in [1.807, 2.05) is 0 Å². The summed E-state index contributed by atoms with van der Waals surface area (Å²) in [5, 5.41) is 14.6. The third-order valence-corrected chi connectivity index (χ3v) is 3.08. The molecular formula is C10H15ClN2O2. The summed E-state index contributed by atoms with van der Waals surface area (Å²) < 4.78 is 7.13. The normalized spacial score (nSPS) is 24.1. The molecule has 2 heterocycles. The summed E-state index contributed by atoms with van der Waals surface area (Å²) in [6.07, 6.45) is 3.77. The van der Waals surface area contributed by atoms with Gasteiger partial charge < -0.3 is 9.84 Å². The summed E-state index contributed by atoms with van der Waals surface area (Å²) >= 11 is 5.96. The van der Waals surface area contributed by atoms with Crippen molar-refractivity contribution in [1.29, 1.82) is 0 Å². The van der Waals surface area contributed by atoms with E-state index in [0.717, 1.165) is 25.9 Å². The first-order valence-corrected chi connectivity index (χ1v) is 5.55. The summed E-state index contributed by atoms with van der Waals surface area (Å²) in [4.78, 5) is 0. The zero-order chi connectivity index (χ0) is 10.8. The summed E-state index contributed by atoms with van der Waals surface area (Å²) in [5.74, 6) is 0. The Morgan fingerprint density at radius 1 is 1.67 bits per heavy atom. The van der Waals surface area contributed by atoms with Crippen LogP contribution in [0.15, 0.2) is 6.20 Å². The summed E-state index contributed by atoms with van der Waals surface area (Å²) in [6, 6.07) is 0. The molecule has 4 nitrogen and oxygen atoms in total. The predicted molar refractivity (Wildman–Crippen MR) is 56.8 cm³/mol. The van der Waals surface area contributed by atoms with E-state index in [4.69, 9.17) is 16.3 Å². The van der Waals surface area contributed by atoms with Crippen LogP contribution in [-0.4, -0.2) is 27.6 Å². The number of halogens is 1. The van der Waals surface area contributed by atoms with Gasteiger partial charge in [-0.05, 0) is 19.3 Å². The minimum absolute atomic E-state index is 0.147. The van der Waals surface area contributed by atoms with Crippen molar-refractivity contribution in [3.63, 3.8) is 0 Å². The van der Waals surface area contributed by atoms with Crippen LogP contribution in [0.4, 0.5) is 0 Å². The van der Waals surface area contributed by atoms with Crippen LogP contribution in [0.3, 0.4) is 0 Å². The molecule has 0 saturated carbocycles. The molecule has 1 aromatic rings. The second-order valence-electron chi connectivity index (χ2n) is 3.85. The van der Waals surface area contributed by atoms with Gasteiger partial charge in [0.2, 0.25) is 0 Å². The van der Waals surface area contributed by atoms with E-state index in [-0.39, 0.29) is 6.10 Å². The van der Waals surface area contributed by atoms with Crippen molar-refractivity contribution >= 4 is 11.6 Å². The highest BCUT2D eigenvalue weighted by atomic mass is 35.5. The Bertz CT molecular complexity index is 315. The predicted octanol–water partition coefficient (Wildman–Crippen LogP) is 1.68. The van der Waals surface area contributed by atoms with Gasteiger partial charge in [-0.2, -0.15) is 5.10 Å². The van der Waals surface area contributed by atoms with Gasteiger partial charge in [0.25, 0.3) is 0 Å². The monoisotopic (exact) mass is 230 g/mol. The molecule has 0 spiro atoms. The minimum atomic E-state index is -0.676. The molecule has 0 amide bonds. The molecule has 0 bridgehead atoms. The molecule has 1 aliphatic rings. The van der Waals surface area contributed by atoms with E-state index in [9.17, 15) is 5.11 Å². The Balaban J connectivity index is 2.15. The molecule has 1 aliphatic heterocycles. The fraction of sp³-hybridized carbons (Fsp3) is 0.700. The van der Waals surface area contributed by atoms with Crippen LogP contribution in [-0.2, 0) is 11.8 Å². The zero-order valence-corrected chi connectivity index (χ0v) is 9.44. The van der Waals surface area contributed by atoms with Gasteiger partial charge in [-0.1, -0.05) is 11.6 Å². The highest BCUT2D eigenvalue weighted by Gasteiger charge is 2.27. The molecule has 1 aromatic heterocycles. The van der Waals surface area contributed by atoms with Gasteiger partial charge in [-0.3, -0.25) is 4.68 Å². The topological polar surface area (TPSA) is 47.3 Å². The number of aryl methyl sites for hydroxylation is 1. The molecule has 5 heteroatoms. The standard InChI is InChI=1S/C10H15ClN2O2/c1-13-9(7(11)6-12-13)10(14)8-4-2-3-5-15-8/h6,8,10,14H,2-5H2,1H3. The summed E-state index contributed by atoms with van der Waals surface area (Å²) in [5.41, 5.74) is 0.642. The Morgan fingerprint density at radius 2 is 2.47 bits per heavy atom. The number of aliphatic hydroxyl groups excluding tert-OH is 1. The van der Waals surface area contributed by atoms with Crippen LogP contribution < -0.4 is 0 Å². The molecule has 0 radical (unpaired) electrons. The number of rotatable bonds is 2. The average molecular weight is 231 g/mol. The third kappa shape index (κ3) is 2.17. The van der Waals surface area contributed by atoms with Crippen molar-refractivity contribution in [3.05, 3.63) is 16.9 Å². The fourth-order valence-electron chi connectivity index (χ4n) is 1.94. The van der Waals surface area contributed by atoms with Crippen molar-refractivity contribution in [2.24, 2.45) is 7.05 Å². The number of aliphatic hydroxyl groups is 1. The van der Waals surface area contributed by atoms with Crippen molar-refractivity contribution < 1.29 is 9.84 Å². The maximum Gasteiger partial charge on any atom is 0.123 e. The van der Waals surface area contributed by atoms with Crippen LogP contribution in [0.5, 0.6) is 0 Å². The number of nitrogens with zero attached hydrogens (tertiary/aromatic N) is 2. The zero-order valence-electron chi connectivity index (χ0n) is 8.69. The van der Waals surface area contributed by atoms with E-state index in [2.05, 4.69) is 5.10 Å². The SMILES string of the molecule is Cn1ncc(Cl)c1C(O)C1CCCCO1. The lowest BCUT2D eigenvalue weighted by Crippen LogP contribution is -2.27. The van der Waals surface area contributed by atoms with E-state index in [0.29, 0.717) is 10.7 Å². The summed E-state index contributed by atoms with van der Waals surface area (Å²) in [6.45, 7) is 0.719. The fourth-order valence-corrected chi connectivity index (χ4v) is 2.22. The molecule has 84 valence electrons. The largest absolute Gasteiger partial charge is 0.384 e. The van der Waals surface area contributed by atoms with Crippen LogP contribution >= 0.6 is 11.6 Å². The first-order chi connectivity index (χ1) is 7.20.